The molecule has 6 nitrogen and oxygen atoms in total. The number of halogens is 1. The van der Waals surface area contributed by atoms with E-state index in [0.717, 1.165) is 21.0 Å². The van der Waals surface area contributed by atoms with Crippen molar-refractivity contribution < 1.29 is 14.5 Å². The summed E-state index contributed by atoms with van der Waals surface area (Å²) < 4.78 is 5.76. The molecule has 0 unspecified atom stereocenters. The van der Waals surface area contributed by atoms with Gasteiger partial charge in [-0.25, -0.2) is 0 Å². The highest BCUT2D eigenvalue weighted by molar-refractivity contribution is 7.99. The maximum Gasteiger partial charge on any atom is 0.270 e. The first kappa shape index (κ1) is 20.7. The molecule has 0 saturated carbocycles. The lowest BCUT2D eigenvalue weighted by Gasteiger charge is -2.09. The van der Waals surface area contributed by atoms with Gasteiger partial charge in [0.1, 0.15) is 12.4 Å². The molecule has 0 radical (unpaired) electrons. The minimum Gasteiger partial charge on any atom is -0.489 e. The van der Waals surface area contributed by atoms with Gasteiger partial charge in [0.05, 0.1) is 9.95 Å². The van der Waals surface area contributed by atoms with E-state index in [1.54, 1.807) is 30.3 Å². The zero-order valence-corrected chi connectivity index (χ0v) is 17.0. The van der Waals surface area contributed by atoms with Gasteiger partial charge >= 0.3 is 0 Å². The molecule has 0 aromatic heterocycles. The van der Waals surface area contributed by atoms with Gasteiger partial charge in [0.2, 0.25) is 5.91 Å². The molecule has 1 N–H and O–H groups in total. The van der Waals surface area contributed by atoms with Crippen LogP contribution in [0.3, 0.4) is 0 Å². The number of anilines is 1. The summed E-state index contributed by atoms with van der Waals surface area (Å²) in [7, 11) is 0. The number of carbonyl (C=O) groups is 1. The highest BCUT2D eigenvalue weighted by Crippen LogP contribution is 2.35. The van der Waals surface area contributed by atoms with Crippen molar-refractivity contribution in [2.75, 3.05) is 5.32 Å². The number of non-ortho nitro benzene ring substituents is 1. The molecule has 148 valence electrons. The summed E-state index contributed by atoms with van der Waals surface area (Å²) in [6.07, 6.45) is 0. The van der Waals surface area contributed by atoms with Gasteiger partial charge in [-0.05, 0) is 48.0 Å². The van der Waals surface area contributed by atoms with E-state index in [1.165, 1.54) is 30.8 Å². The van der Waals surface area contributed by atoms with E-state index in [0.29, 0.717) is 17.4 Å². The minimum atomic E-state index is -0.470. The fourth-order valence-electron chi connectivity index (χ4n) is 2.47. The number of hydrogen-bond acceptors (Lipinski definition) is 5. The van der Waals surface area contributed by atoms with E-state index >= 15 is 0 Å². The fraction of sp³-hybridized carbons (Fsp3) is 0.0952. The quantitative estimate of drug-likeness (QED) is 0.372. The molecule has 8 heteroatoms. The van der Waals surface area contributed by atoms with Crippen molar-refractivity contribution in [3.8, 4) is 5.75 Å². The standard InChI is InChI=1S/C21H17ClN2O4S/c1-14(25)23-16-4-7-18(8-5-16)28-13-15-2-9-19(10-3-15)29-21-11-6-17(24(26)27)12-20(21)22/h2-12H,13H2,1H3,(H,23,25). The van der Waals surface area contributed by atoms with Gasteiger partial charge in [-0.1, -0.05) is 35.5 Å². The Balaban J connectivity index is 1.57. The third kappa shape index (κ3) is 5.97. The Bertz CT molecular complexity index is 1020. The number of rotatable bonds is 7. The Morgan fingerprint density at radius 2 is 1.79 bits per heavy atom. The summed E-state index contributed by atoms with van der Waals surface area (Å²) in [6, 6.07) is 19.4. The van der Waals surface area contributed by atoms with Crippen molar-refractivity contribution in [2.24, 2.45) is 0 Å². The molecule has 29 heavy (non-hydrogen) atoms. The normalized spacial score (nSPS) is 10.4. The summed E-state index contributed by atoms with van der Waals surface area (Å²) in [5, 5.41) is 13.8. The molecular formula is C21H17ClN2O4S. The van der Waals surface area contributed by atoms with Crippen molar-refractivity contribution in [2.45, 2.75) is 23.3 Å². The number of nitro groups is 1. The number of hydrogen-bond donors (Lipinski definition) is 1. The number of benzene rings is 3. The van der Waals surface area contributed by atoms with Crippen LogP contribution in [-0.4, -0.2) is 10.8 Å². The summed E-state index contributed by atoms with van der Waals surface area (Å²) in [5.41, 5.74) is 1.68. The first-order valence-electron chi connectivity index (χ1n) is 8.62. The number of nitrogens with zero attached hydrogens (tertiary/aromatic N) is 1. The zero-order valence-electron chi connectivity index (χ0n) is 15.4. The van der Waals surface area contributed by atoms with E-state index in [9.17, 15) is 14.9 Å². The molecule has 0 spiro atoms. The highest BCUT2D eigenvalue weighted by Gasteiger charge is 2.10. The minimum absolute atomic E-state index is 0.0306. The van der Waals surface area contributed by atoms with Crippen LogP contribution in [0.2, 0.25) is 5.02 Å². The molecule has 0 saturated heterocycles. The topological polar surface area (TPSA) is 81.5 Å². The molecule has 3 rings (SSSR count). The Labute approximate surface area is 177 Å². The average molecular weight is 429 g/mol. The smallest absolute Gasteiger partial charge is 0.270 e. The summed E-state index contributed by atoms with van der Waals surface area (Å²) in [4.78, 5) is 23.1. The van der Waals surface area contributed by atoms with Gasteiger partial charge in [-0.2, -0.15) is 0 Å². The van der Waals surface area contributed by atoms with Crippen LogP contribution in [0.15, 0.2) is 76.5 Å². The highest BCUT2D eigenvalue weighted by atomic mass is 35.5. The Hall–Kier alpha value is -3.03. The lowest BCUT2D eigenvalue weighted by Crippen LogP contribution is -2.05. The van der Waals surface area contributed by atoms with E-state index < -0.39 is 4.92 Å². The summed E-state index contributed by atoms with van der Waals surface area (Å²) in [6.45, 7) is 1.87. The van der Waals surface area contributed by atoms with Crippen molar-refractivity contribution in [3.63, 3.8) is 0 Å². The molecule has 0 aliphatic rings. The molecule has 0 atom stereocenters. The number of amides is 1. The van der Waals surface area contributed by atoms with Gasteiger partial charge in [-0.3, -0.25) is 14.9 Å². The second kappa shape index (κ2) is 9.45. The van der Waals surface area contributed by atoms with Gasteiger partial charge in [0.25, 0.3) is 5.69 Å². The number of carbonyl (C=O) groups excluding carboxylic acids is 1. The van der Waals surface area contributed by atoms with Crippen LogP contribution in [0.4, 0.5) is 11.4 Å². The third-order valence-corrected chi connectivity index (χ3v) is 5.37. The van der Waals surface area contributed by atoms with Gasteiger partial charge in [0, 0.05) is 34.5 Å². The van der Waals surface area contributed by atoms with E-state index in [-0.39, 0.29) is 11.6 Å². The number of ether oxygens (including phenoxy) is 1. The second-order valence-electron chi connectivity index (χ2n) is 6.11. The molecule has 0 fully saturated rings. The fourth-order valence-corrected chi connectivity index (χ4v) is 3.58. The Morgan fingerprint density at radius 1 is 1.10 bits per heavy atom. The summed E-state index contributed by atoms with van der Waals surface area (Å²) >= 11 is 7.58. The SMILES string of the molecule is CC(=O)Nc1ccc(OCc2ccc(Sc3ccc([N+](=O)[O-])cc3Cl)cc2)cc1. The molecule has 0 bridgehead atoms. The van der Waals surface area contributed by atoms with Gasteiger partial charge in [0.15, 0.2) is 0 Å². The van der Waals surface area contributed by atoms with Crippen LogP contribution in [-0.2, 0) is 11.4 Å². The molecule has 0 heterocycles. The van der Waals surface area contributed by atoms with Gasteiger partial charge in [-0.15, -0.1) is 0 Å². The lowest BCUT2D eigenvalue weighted by molar-refractivity contribution is -0.384. The summed E-state index contributed by atoms with van der Waals surface area (Å²) in [5.74, 6) is 0.585. The lowest BCUT2D eigenvalue weighted by atomic mass is 10.2. The molecule has 1 amide bonds. The van der Waals surface area contributed by atoms with Crippen LogP contribution in [0.25, 0.3) is 0 Å². The predicted molar refractivity (Wildman–Crippen MR) is 114 cm³/mol. The predicted octanol–water partition coefficient (Wildman–Crippen LogP) is 5.94. The first-order chi connectivity index (χ1) is 13.9. The third-order valence-electron chi connectivity index (χ3n) is 3.86. The Kier molecular flexibility index (Phi) is 6.74. The van der Waals surface area contributed by atoms with Crippen LogP contribution in [0.1, 0.15) is 12.5 Å². The molecule has 3 aromatic carbocycles. The first-order valence-corrected chi connectivity index (χ1v) is 9.81. The Morgan fingerprint density at radius 3 is 2.38 bits per heavy atom. The molecular weight excluding hydrogens is 412 g/mol. The average Bonchev–Trinajstić information content (AvgIpc) is 2.69. The van der Waals surface area contributed by atoms with Gasteiger partial charge < -0.3 is 10.1 Å². The molecule has 0 aliphatic carbocycles. The maximum absolute atomic E-state index is 11.0. The van der Waals surface area contributed by atoms with Crippen LogP contribution in [0, 0.1) is 10.1 Å². The van der Waals surface area contributed by atoms with Crippen LogP contribution < -0.4 is 10.1 Å². The van der Waals surface area contributed by atoms with Crippen LogP contribution in [0.5, 0.6) is 5.75 Å². The second-order valence-corrected chi connectivity index (χ2v) is 7.63. The van der Waals surface area contributed by atoms with Crippen molar-refractivity contribution in [3.05, 3.63) is 87.4 Å². The van der Waals surface area contributed by atoms with Crippen LogP contribution >= 0.6 is 23.4 Å². The number of nitrogens with one attached hydrogen (secondary N) is 1. The monoisotopic (exact) mass is 428 g/mol. The van der Waals surface area contributed by atoms with E-state index in [1.807, 2.05) is 24.3 Å². The number of nitro benzene ring substituents is 1. The van der Waals surface area contributed by atoms with E-state index in [4.69, 9.17) is 16.3 Å². The maximum atomic E-state index is 11.0. The molecule has 3 aromatic rings. The van der Waals surface area contributed by atoms with Crippen molar-refractivity contribution in [1.29, 1.82) is 0 Å². The van der Waals surface area contributed by atoms with Crippen molar-refractivity contribution in [1.82, 2.24) is 0 Å². The zero-order chi connectivity index (χ0) is 20.8. The van der Waals surface area contributed by atoms with Crippen molar-refractivity contribution >= 4 is 40.6 Å². The van der Waals surface area contributed by atoms with E-state index in [2.05, 4.69) is 5.32 Å². The molecule has 0 aliphatic heterocycles. The largest absolute Gasteiger partial charge is 0.489 e.